The van der Waals surface area contributed by atoms with E-state index in [-0.39, 0.29) is 30.5 Å². The third-order valence-corrected chi connectivity index (χ3v) is 2.79. The van der Waals surface area contributed by atoms with E-state index in [0.717, 1.165) is 0 Å². The Labute approximate surface area is 109 Å². The molecule has 0 radical (unpaired) electrons. The van der Waals surface area contributed by atoms with Crippen LogP contribution in [0.2, 0.25) is 0 Å². The molecule has 0 heterocycles. The maximum Gasteiger partial charge on any atom is 0.157 e. The Morgan fingerprint density at radius 1 is 0.947 bits per heavy atom. The van der Waals surface area contributed by atoms with Crippen molar-refractivity contribution in [1.29, 1.82) is 0 Å². The van der Waals surface area contributed by atoms with Gasteiger partial charge in [0.1, 0.15) is 17.2 Å². The molecule has 19 heavy (non-hydrogen) atoms. The van der Waals surface area contributed by atoms with Gasteiger partial charge in [-0.05, 0) is 12.3 Å². The molecule has 1 unspecified atom stereocenters. The number of benzene rings is 1. The number of hydrogen-bond donors (Lipinski definition) is 4. The lowest BCUT2D eigenvalue weighted by Crippen LogP contribution is -2.06. The molecule has 6 nitrogen and oxygen atoms in total. The highest BCUT2D eigenvalue weighted by Crippen LogP contribution is 2.44. The first-order valence-corrected chi connectivity index (χ1v) is 5.74. The Morgan fingerprint density at radius 2 is 1.37 bits per heavy atom. The van der Waals surface area contributed by atoms with Crippen LogP contribution in [-0.2, 0) is 0 Å². The molecular formula is C13H16O6. The number of phenols is 3. The van der Waals surface area contributed by atoms with Gasteiger partial charge < -0.3 is 20.4 Å². The fraction of sp³-hybridized carbons (Fsp3) is 0.385. The van der Waals surface area contributed by atoms with Gasteiger partial charge in [0, 0.05) is 0 Å². The third-order valence-electron chi connectivity index (χ3n) is 2.79. The van der Waals surface area contributed by atoms with E-state index in [4.69, 9.17) is 0 Å². The van der Waals surface area contributed by atoms with Crippen molar-refractivity contribution in [3.8, 4) is 17.2 Å². The van der Waals surface area contributed by atoms with Gasteiger partial charge >= 0.3 is 0 Å². The predicted octanol–water partition coefficient (Wildman–Crippen LogP) is 1.51. The highest BCUT2D eigenvalue weighted by Gasteiger charge is 2.27. The molecule has 0 spiro atoms. The van der Waals surface area contributed by atoms with E-state index >= 15 is 0 Å². The van der Waals surface area contributed by atoms with Crippen LogP contribution in [0, 0.1) is 5.92 Å². The molecule has 104 valence electrons. The van der Waals surface area contributed by atoms with Crippen molar-refractivity contribution in [2.24, 2.45) is 5.92 Å². The van der Waals surface area contributed by atoms with Gasteiger partial charge in [0.2, 0.25) is 0 Å². The number of aliphatic hydroxyl groups is 1. The Hall–Kier alpha value is -2.08. The van der Waals surface area contributed by atoms with E-state index in [0.29, 0.717) is 0 Å². The second-order valence-electron chi connectivity index (χ2n) is 4.67. The van der Waals surface area contributed by atoms with Gasteiger partial charge in [0.25, 0.3) is 0 Å². The normalized spacial score (nSPS) is 12.4. The van der Waals surface area contributed by atoms with Crippen molar-refractivity contribution >= 4 is 12.6 Å². The molecule has 0 fully saturated rings. The first-order valence-electron chi connectivity index (χ1n) is 5.74. The Kier molecular flexibility index (Phi) is 4.50. The predicted molar refractivity (Wildman–Crippen MR) is 66.6 cm³/mol. The summed E-state index contributed by atoms with van der Waals surface area (Å²) in [6, 6.07) is 0. The molecule has 1 aromatic carbocycles. The number of carbonyl (C=O) groups is 2. The zero-order chi connectivity index (χ0) is 14.7. The minimum Gasteiger partial charge on any atom is -0.507 e. The molecule has 4 N–H and O–H groups in total. The highest BCUT2D eigenvalue weighted by molar-refractivity contribution is 5.94. The summed E-state index contributed by atoms with van der Waals surface area (Å²) in [6.07, 6.45) is -0.730. The first kappa shape index (κ1) is 15.0. The lowest BCUT2D eigenvalue weighted by molar-refractivity contribution is 0.111. The Balaban J connectivity index is 3.54. The van der Waals surface area contributed by atoms with Crippen molar-refractivity contribution < 1.29 is 30.0 Å². The zero-order valence-electron chi connectivity index (χ0n) is 10.6. The lowest BCUT2D eigenvalue weighted by Gasteiger charge is -2.19. The van der Waals surface area contributed by atoms with Crippen molar-refractivity contribution in [1.82, 2.24) is 0 Å². The molecule has 1 aromatic rings. The maximum absolute atomic E-state index is 10.8. The summed E-state index contributed by atoms with van der Waals surface area (Å²) in [6.45, 7) is 3.64. The van der Waals surface area contributed by atoms with Gasteiger partial charge in [-0.15, -0.1) is 0 Å². The van der Waals surface area contributed by atoms with E-state index in [1.54, 1.807) is 0 Å². The fourth-order valence-electron chi connectivity index (χ4n) is 1.87. The van der Waals surface area contributed by atoms with E-state index < -0.39 is 34.5 Å². The summed E-state index contributed by atoms with van der Waals surface area (Å²) < 4.78 is 0. The van der Waals surface area contributed by atoms with Crippen LogP contribution in [0.5, 0.6) is 17.2 Å². The summed E-state index contributed by atoms with van der Waals surface area (Å²) >= 11 is 0. The largest absolute Gasteiger partial charge is 0.507 e. The molecule has 6 heteroatoms. The molecule has 0 aromatic heterocycles. The van der Waals surface area contributed by atoms with Crippen LogP contribution in [0.15, 0.2) is 0 Å². The summed E-state index contributed by atoms with van der Waals surface area (Å²) in [4.78, 5) is 21.7. The Morgan fingerprint density at radius 3 is 1.68 bits per heavy atom. The number of hydrogen-bond acceptors (Lipinski definition) is 6. The zero-order valence-corrected chi connectivity index (χ0v) is 10.6. The standard InChI is InChI=1S/C13H16O6/c1-6(2)3-9(16)10-12(18)7(4-14)11(17)8(5-15)13(10)19/h4-6,9,16-19H,3H2,1-2H3. The fourth-order valence-corrected chi connectivity index (χ4v) is 1.87. The van der Waals surface area contributed by atoms with Gasteiger partial charge in [0.15, 0.2) is 12.6 Å². The van der Waals surface area contributed by atoms with E-state index in [9.17, 15) is 30.0 Å². The van der Waals surface area contributed by atoms with Gasteiger partial charge in [-0.2, -0.15) is 0 Å². The quantitative estimate of drug-likeness (QED) is 0.602. The van der Waals surface area contributed by atoms with Crippen LogP contribution in [0.3, 0.4) is 0 Å². The minimum atomic E-state index is -1.25. The summed E-state index contributed by atoms with van der Waals surface area (Å²) in [5.41, 5.74) is -1.38. The number of rotatable bonds is 5. The van der Waals surface area contributed by atoms with E-state index in [1.165, 1.54) is 0 Å². The van der Waals surface area contributed by atoms with Crippen molar-refractivity contribution in [2.75, 3.05) is 0 Å². The molecule has 0 aliphatic rings. The summed E-state index contributed by atoms with van der Waals surface area (Å²) in [5, 5.41) is 39.2. The highest BCUT2D eigenvalue weighted by atomic mass is 16.3. The number of aromatic hydroxyl groups is 3. The molecule has 0 saturated heterocycles. The third kappa shape index (κ3) is 2.68. The van der Waals surface area contributed by atoms with Crippen molar-refractivity contribution in [3.05, 3.63) is 16.7 Å². The van der Waals surface area contributed by atoms with Crippen molar-refractivity contribution in [2.45, 2.75) is 26.4 Å². The number of aliphatic hydroxyl groups excluding tert-OH is 1. The summed E-state index contributed by atoms with van der Waals surface area (Å²) in [7, 11) is 0. The average Bonchev–Trinajstić information content (AvgIpc) is 2.28. The average molecular weight is 268 g/mol. The molecule has 0 aliphatic heterocycles. The number of carbonyl (C=O) groups excluding carboxylic acids is 2. The number of phenolic OH excluding ortho intramolecular Hbond substituents is 3. The topological polar surface area (TPSA) is 115 Å². The van der Waals surface area contributed by atoms with Crippen LogP contribution in [0.4, 0.5) is 0 Å². The summed E-state index contributed by atoms with van der Waals surface area (Å²) in [5.74, 6) is -2.19. The monoisotopic (exact) mass is 268 g/mol. The second kappa shape index (κ2) is 5.71. The van der Waals surface area contributed by atoms with Crippen LogP contribution in [0.1, 0.15) is 52.7 Å². The SMILES string of the molecule is CC(C)CC(O)c1c(O)c(C=O)c(O)c(C=O)c1O. The molecular weight excluding hydrogens is 252 g/mol. The minimum absolute atomic E-state index is 0.0574. The van der Waals surface area contributed by atoms with E-state index in [1.807, 2.05) is 13.8 Å². The Bertz CT molecular complexity index is 471. The van der Waals surface area contributed by atoms with E-state index in [2.05, 4.69) is 0 Å². The van der Waals surface area contributed by atoms with Crippen LogP contribution < -0.4 is 0 Å². The van der Waals surface area contributed by atoms with Gasteiger partial charge in [-0.1, -0.05) is 13.8 Å². The van der Waals surface area contributed by atoms with Gasteiger partial charge in [0.05, 0.1) is 22.8 Å². The number of aldehydes is 2. The molecule has 0 saturated carbocycles. The van der Waals surface area contributed by atoms with Crippen LogP contribution in [0.25, 0.3) is 0 Å². The van der Waals surface area contributed by atoms with Crippen LogP contribution in [-0.4, -0.2) is 33.0 Å². The second-order valence-corrected chi connectivity index (χ2v) is 4.67. The molecule has 1 rings (SSSR count). The van der Waals surface area contributed by atoms with Crippen molar-refractivity contribution in [3.63, 3.8) is 0 Å². The molecule has 1 atom stereocenters. The maximum atomic E-state index is 10.8. The lowest BCUT2D eigenvalue weighted by atomic mass is 9.93. The first-order chi connectivity index (χ1) is 8.84. The molecule has 0 aliphatic carbocycles. The smallest absolute Gasteiger partial charge is 0.157 e. The van der Waals surface area contributed by atoms with Gasteiger partial charge in [-0.25, -0.2) is 0 Å². The van der Waals surface area contributed by atoms with Gasteiger partial charge in [-0.3, -0.25) is 9.59 Å². The molecule has 0 bridgehead atoms. The molecule has 0 amide bonds. The van der Waals surface area contributed by atoms with Crippen LogP contribution >= 0.6 is 0 Å².